The number of furan rings is 1. The molecule has 0 fully saturated rings. The summed E-state index contributed by atoms with van der Waals surface area (Å²) in [5, 5.41) is 14.9. The second-order valence-electron chi connectivity index (χ2n) is 5.58. The Morgan fingerprint density at radius 1 is 1.11 bits per heavy atom. The summed E-state index contributed by atoms with van der Waals surface area (Å²) >= 11 is 14.3. The topological polar surface area (TPSA) is 91.6 Å². The fourth-order valence-electron chi connectivity index (χ4n) is 2.38. The highest BCUT2D eigenvalue weighted by molar-refractivity contribution is 9.10. The van der Waals surface area contributed by atoms with E-state index in [0.29, 0.717) is 15.3 Å². The maximum Gasteiger partial charge on any atom is 0.337 e. The molecule has 9 heteroatoms. The Labute approximate surface area is 178 Å². The Kier molecular flexibility index (Phi) is 6.13. The summed E-state index contributed by atoms with van der Waals surface area (Å²) in [5.41, 5.74) is 0.987. The average Bonchev–Trinajstić information content (AvgIpc) is 3.13. The van der Waals surface area contributed by atoms with Crippen LogP contribution in [0.5, 0.6) is 0 Å². The van der Waals surface area contributed by atoms with E-state index in [4.69, 9.17) is 28.2 Å². The Morgan fingerprint density at radius 3 is 2.61 bits per heavy atom. The normalized spacial score (nSPS) is 10.4. The van der Waals surface area contributed by atoms with E-state index in [2.05, 4.69) is 26.6 Å². The quantitative estimate of drug-likeness (QED) is 0.446. The van der Waals surface area contributed by atoms with Crippen molar-refractivity contribution < 1.29 is 19.1 Å². The largest absolute Gasteiger partial charge is 0.478 e. The highest BCUT2D eigenvalue weighted by Gasteiger charge is 2.16. The van der Waals surface area contributed by atoms with Crippen LogP contribution in [0.15, 0.2) is 63.5 Å². The van der Waals surface area contributed by atoms with Crippen molar-refractivity contribution in [2.24, 2.45) is 0 Å². The minimum Gasteiger partial charge on any atom is -0.478 e. The smallest absolute Gasteiger partial charge is 0.337 e. The molecule has 6 nitrogen and oxygen atoms in total. The van der Waals surface area contributed by atoms with Gasteiger partial charge in [0.2, 0.25) is 0 Å². The number of hydrogen-bond donors (Lipinski definition) is 3. The van der Waals surface area contributed by atoms with Crippen LogP contribution in [0.2, 0.25) is 5.02 Å². The molecule has 1 aromatic heterocycles. The lowest BCUT2D eigenvalue weighted by atomic mass is 10.2. The number of carboxylic acids is 1. The summed E-state index contributed by atoms with van der Waals surface area (Å²) in [6.07, 6.45) is 0. The summed E-state index contributed by atoms with van der Waals surface area (Å²) in [6, 6.07) is 14.8. The van der Waals surface area contributed by atoms with Gasteiger partial charge in [0, 0.05) is 15.1 Å². The number of carbonyl (C=O) groups is 2. The number of amides is 1. The molecule has 0 radical (unpaired) electrons. The Morgan fingerprint density at radius 2 is 1.89 bits per heavy atom. The maximum atomic E-state index is 12.3. The van der Waals surface area contributed by atoms with E-state index in [-0.39, 0.29) is 22.1 Å². The fourth-order valence-corrected chi connectivity index (χ4v) is 3.13. The molecule has 0 spiro atoms. The first-order chi connectivity index (χ1) is 13.3. The van der Waals surface area contributed by atoms with Crippen molar-refractivity contribution in [1.82, 2.24) is 5.32 Å². The molecule has 0 saturated heterocycles. The van der Waals surface area contributed by atoms with Crippen LogP contribution in [0, 0.1) is 0 Å². The molecule has 142 valence electrons. The van der Waals surface area contributed by atoms with Crippen molar-refractivity contribution in [3.05, 3.63) is 75.4 Å². The molecule has 1 amide bonds. The van der Waals surface area contributed by atoms with Gasteiger partial charge >= 0.3 is 5.97 Å². The summed E-state index contributed by atoms with van der Waals surface area (Å²) in [6.45, 7) is 0. The van der Waals surface area contributed by atoms with Gasteiger partial charge in [0.05, 0.1) is 11.3 Å². The van der Waals surface area contributed by atoms with E-state index in [9.17, 15) is 14.7 Å². The minimum absolute atomic E-state index is 0.00668. The summed E-state index contributed by atoms with van der Waals surface area (Å²) in [4.78, 5) is 23.7. The highest BCUT2D eigenvalue weighted by Crippen LogP contribution is 2.25. The molecule has 0 aliphatic rings. The van der Waals surface area contributed by atoms with Gasteiger partial charge in [0.1, 0.15) is 5.76 Å². The number of rotatable bonds is 4. The molecule has 0 saturated carbocycles. The predicted molar refractivity (Wildman–Crippen MR) is 114 cm³/mol. The number of aromatic carboxylic acids is 1. The summed E-state index contributed by atoms with van der Waals surface area (Å²) < 4.78 is 6.16. The number of carbonyl (C=O) groups excluding carboxylic acids is 1. The number of hydrogen-bond acceptors (Lipinski definition) is 4. The third kappa shape index (κ3) is 4.78. The summed E-state index contributed by atoms with van der Waals surface area (Å²) in [5.74, 6) is -1.17. The van der Waals surface area contributed by atoms with Crippen molar-refractivity contribution in [3.8, 4) is 11.3 Å². The molecule has 3 N–H and O–H groups in total. The number of halogens is 2. The molecule has 0 atom stereocenters. The van der Waals surface area contributed by atoms with Gasteiger partial charge < -0.3 is 14.8 Å². The fraction of sp³-hybridized carbons (Fsp3) is 0. The van der Waals surface area contributed by atoms with Crippen molar-refractivity contribution in [2.45, 2.75) is 0 Å². The third-order valence-corrected chi connectivity index (χ3v) is 4.56. The van der Waals surface area contributed by atoms with Gasteiger partial charge in [-0.25, -0.2) is 4.79 Å². The van der Waals surface area contributed by atoms with E-state index in [0.717, 1.165) is 5.56 Å². The van der Waals surface area contributed by atoms with Gasteiger partial charge in [-0.1, -0.05) is 39.7 Å². The van der Waals surface area contributed by atoms with E-state index in [1.54, 1.807) is 36.4 Å². The van der Waals surface area contributed by atoms with Crippen LogP contribution in [-0.4, -0.2) is 22.1 Å². The lowest BCUT2D eigenvalue weighted by Gasteiger charge is -2.11. The Bertz CT molecular complexity index is 1080. The van der Waals surface area contributed by atoms with Crippen LogP contribution in [0.4, 0.5) is 5.69 Å². The second-order valence-corrected chi connectivity index (χ2v) is 7.34. The van der Waals surface area contributed by atoms with Crippen molar-refractivity contribution in [1.29, 1.82) is 0 Å². The van der Waals surface area contributed by atoms with E-state index in [1.807, 2.05) is 0 Å². The molecule has 0 unspecified atom stereocenters. The van der Waals surface area contributed by atoms with Gasteiger partial charge in [-0.15, -0.1) is 0 Å². The Balaban J connectivity index is 1.70. The van der Waals surface area contributed by atoms with E-state index >= 15 is 0 Å². The third-order valence-electron chi connectivity index (χ3n) is 3.63. The molecule has 3 aromatic rings. The standard InChI is InChI=1S/C19H12BrClN2O4S/c20-11-4-5-14(13(9-11)18(25)26)22-19(28)23-17(24)16-7-6-15(27-16)10-2-1-3-12(21)8-10/h1-9H,(H,25,26)(H2,22,23,24,28). The van der Waals surface area contributed by atoms with Gasteiger partial charge in [0.15, 0.2) is 10.9 Å². The lowest BCUT2D eigenvalue weighted by molar-refractivity contribution is 0.0697. The minimum atomic E-state index is -1.13. The zero-order valence-corrected chi connectivity index (χ0v) is 17.2. The van der Waals surface area contributed by atoms with Gasteiger partial charge in [0.25, 0.3) is 5.91 Å². The van der Waals surface area contributed by atoms with Gasteiger partial charge in [-0.3, -0.25) is 10.1 Å². The van der Waals surface area contributed by atoms with Crippen LogP contribution in [-0.2, 0) is 0 Å². The van der Waals surface area contributed by atoms with Crippen molar-refractivity contribution in [2.75, 3.05) is 5.32 Å². The highest BCUT2D eigenvalue weighted by atomic mass is 79.9. The molecule has 0 bridgehead atoms. The maximum absolute atomic E-state index is 12.3. The number of carboxylic acid groups (broad SMARTS) is 1. The molecule has 28 heavy (non-hydrogen) atoms. The predicted octanol–water partition coefficient (Wildman–Crippen LogP) is 5.19. The SMILES string of the molecule is O=C(NC(=S)Nc1ccc(Br)cc1C(=O)O)c1ccc(-c2cccc(Cl)c2)o1. The number of benzene rings is 2. The van der Waals surface area contributed by atoms with E-state index in [1.165, 1.54) is 18.2 Å². The first-order valence-corrected chi connectivity index (χ1v) is 9.42. The van der Waals surface area contributed by atoms with Crippen LogP contribution < -0.4 is 10.6 Å². The molecular weight excluding hydrogens is 468 g/mol. The molecule has 0 aliphatic heterocycles. The lowest BCUT2D eigenvalue weighted by Crippen LogP contribution is -2.34. The number of thiocarbonyl (C=S) groups is 1. The van der Waals surface area contributed by atoms with Crippen molar-refractivity contribution in [3.63, 3.8) is 0 Å². The first kappa shape index (κ1) is 20.1. The van der Waals surface area contributed by atoms with Crippen molar-refractivity contribution >= 4 is 62.4 Å². The van der Waals surface area contributed by atoms with Crippen LogP contribution in [0.3, 0.4) is 0 Å². The van der Waals surface area contributed by atoms with Crippen LogP contribution >= 0.6 is 39.7 Å². The molecule has 2 aromatic carbocycles. The zero-order chi connectivity index (χ0) is 20.3. The van der Waals surface area contributed by atoms with E-state index < -0.39 is 11.9 Å². The monoisotopic (exact) mass is 478 g/mol. The van der Waals surface area contributed by atoms with Gasteiger partial charge in [-0.05, 0) is 54.7 Å². The van der Waals surface area contributed by atoms with Crippen LogP contribution in [0.1, 0.15) is 20.9 Å². The molecule has 3 rings (SSSR count). The first-order valence-electron chi connectivity index (χ1n) is 7.84. The summed E-state index contributed by atoms with van der Waals surface area (Å²) in [7, 11) is 0. The average molecular weight is 480 g/mol. The van der Waals surface area contributed by atoms with Gasteiger partial charge in [-0.2, -0.15) is 0 Å². The Hall–Kier alpha value is -2.68. The molecule has 1 heterocycles. The second kappa shape index (κ2) is 8.55. The number of anilines is 1. The molecule has 0 aliphatic carbocycles. The number of nitrogens with one attached hydrogen (secondary N) is 2. The molecular formula is C19H12BrClN2O4S. The van der Waals surface area contributed by atoms with Crippen LogP contribution in [0.25, 0.3) is 11.3 Å². The zero-order valence-electron chi connectivity index (χ0n) is 14.0.